The van der Waals surface area contributed by atoms with Crippen molar-refractivity contribution in [2.45, 2.75) is 20.3 Å². The fraction of sp³-hybridized carbons (Fsp3) is 0.600. The Hall–Kier alpha value is -1.50. The number of nitrogens with two attached hydrogens (primary N) is 1. The van der Waals surface area contributed by atoms with Crippen LogP contribution in [-0.2, 0) is 14.4 Å². The quantitative estimate of drug-likeness (QED) is 0.509. The molecule has 6 nitrogen and oxygen atoms in total. The Morgan fingerprint density at radius 2 is 1.94 bits per heavy atom. The Balaban J connectivity index is 2.92. The van der Waals surface area contributed by atoms with Crippen LogP contribution in [0.5, 0.6) is 0 Å². The van der Waals surface area contributed by atoms with Crippen LogP contribution in [0, 0.1) is 5.41 Å². The van der Waals surface area contributed by atoms with Crippen LogP contribution in [0.25, 0.3) is 0 Å². The van der Waals surface area contributed by atoms with Gasteiger partial charge in [-0.15, -0.1) is 0 Å². The van der Waals surface area contributed by atoms with E-state index in [0.29, 0.717) is 6.42 Å². The lowest BCUT2D eigenvalue weighted by atomic mass is 9.85. The highest BCUT2D eigenvalue weighted by Crippen LogP contribution is 2.25. The zero-order valence-corrected chi connectivity index (χ0v) is 10.6. The number of nitrogens with zero attached hydrogens (tertiary/aromatic N) is 1. The first-order valence-electron chi connectivity index (χ1n) is 5.23. The maximum absolute atomic E-state index is 12.2. The summed E-state index contributed by atoms with van der Waals surface area (Å²) in [5.74, 6) is -1.36. The molecule has 1 atom stereocenters. The molecular formula is C10H15N3O3S. The summed E-state index contributed by atoms with van der Waals surface area (Å²) in [5.41, 5.74) is 4.55. The van der Waals surface area contributed by atoms with Gasteiger partial charge in [-0.05, 0) is 13.3 Å². The molecule has 0 aromatic heterocycles. The molecule has 1 fully saturated rings. The summed E-state index contributed by atoms with van der Waals surface area (Å²) in [6.07, 6.45) is 0.424. The van der Waals surface area contributed by atoms with E-state index in [0.717, 1.165) is 0 Å². The molecule has 7 heteroatoms. The predicted molar refractivity (Wildman–Crippen MR) is 64.9 cm³/mol. The van der Waals surface area contributed by atoms with Gasteiger partial charge in [0.25, 0.3) is 0 Å². The van der Waals surface area contributed by atoms with Crippen LogP contribution in [0.4, 0.5) is 0 Å². The second-order valence-electron chi connectivity index (χ2n) is 4.18. The van der Waals surface area contributed by atoms with Crippen LogP contribution in [0.2, 0.25) is 0 Å². The largest absolute Gasteiger partial charge is 0.392 e. The van der Waals surface area contributed by atoms with Gasteiger partial charge in [-0.3, -0.25) is 19.7 Å². The average molecular weight is 257 g/mol. The third-order valence-corrected chi connectivity index (χ3v) is 3.41. The number of carbonyl (C=O) groups is 3. The van der Waals surface area contributed by atoms with Gasteiger partial charge in [0.15, 0.2) is 0 Å². The summed E-state index contributed by atoms with van der Waals surface area (Å²) >= 11 is 4.88. The number of rotatable bonds is 3. The van der Waals surface area contributed by atoms with Gasteiger partial charge in [-0.1, -0.05) is 19.1 Å². The second-order valence-corrected chi connectivity index (χ2v) is 4.62. The number of hydrogen-bond acceptors (Lipinski definition) is 4. The molecule has 0 aromatic rings. The van der Waals surface area contributed by atoms with Gasteiger partial charge >= 0.3 is 0 Å². The molecule has 1 heterocycles. The van der Waals surface area contributed by atoms with Crippen LogP contribution < -0.4 is 11.1 Å². The number of amides is 3. The lowest BCUT2D eigenvalue weighted by Gasteiger charge is -2.34. The minimum Gasteiger partial charge on any atom is -0.392 e. The first-order chi connectivity index (χ1) is 7.81. The normalized spacial score (nSPS) is 19.5. The number of hydrogen-bond donors (Lipinski definition) is 2. The number of thiocarbonyl (C=S) groups is 1. The van der Waals surface area contributed by atoms with Crippen LogP contribution >= 0.6 is 12.2 Å². The van der Waals surface area contributed by atoms with Crippen molar-refractivity contribution in [1.82, 2.24) is 10.2 Å². The molecule has 3 N–H and O–H groups in total. The van der Waals surface area contributed by atoms with E-state index < -0.39 is 17.2 Å². The van der Waals surface area contributed by atoms with E-state index in [1.165, 1.54) is 4.90 Å². The Kier molecular flexibility index (Phi) is 3.82. The van der Waals surface area contributed by atoms with Gasteiger partial charge in [-0.2, -0.15) is 0 Å². The molecule has 94 valence electrons. The Morgan fingerprint density at radius 3 is 2.29 bits per heavy atom. The molecule has 1 aliphatic heterocycles. The van der Waals surface area contributed by atoms with Gasteiger partial charge in [0, 0.05) is 0 Å². The molecule has 0 radical (unpaired) electrons. The summed E-state index contributed by atoms with van der Waals surface area (Å²) in [6.45, 7) is 3.13. The Morgan fingerprint density at radius 1 is 1.47 bits per heavy atom. The standard InChI is InChI=1S/C10H15N3O3S/c1-3-10(2,8(11)17)9(16)13-4-6(14)12-7(15)5-13/h3-5H2,1-2H3,(H2,11,17)(H,12,14,15). The van der Waals surface area contributed by atoms with Crippen molar-refractivity contribution in [3.8, 4) is 0 Å². The Labute approximate surface area is 105 Å². The first kappa shape index (κ1) is 13.6. The SMILES string of the molecule is CCC(C)(C(=O)N1CC(=O)NC(=O)C1)C(N)=S. The first-order valence-corrected chi connectivity index (χ1v) is 5.64. The highest BCUT2D eigenvalue weighted by atomic mass is 32.1. The lowest BCUT2D eigenvalue weighted by Crippen LogP contribution is -2.58. The van der Waals surface area contributed by atoms with Crippen LogP contribution in [0.1, 0.15) is 20.3 Å². The lowest BCUT2D eigenvalue weighted by molar-refractivity contribution is -0.148. The minimum atomic E-state index is -1.01. The van der Waals surface area contributed by atoms with Crippen molar-refractivity contribution in [3.63, 3.8) is 0 Å². The molecule has 1 rings (SSSR count). The topological polar surface area (TPSA) is 92.5 Å². The highest BCUT2D eigenvalue weighted by molar-refractivity contribution is 7.80. The van der Waals surface area contributed by atoms with Gasteiger partial charge in [0.05, 0.1) is 10.4 Å². The van der Waals surface area contributed by atoms with Crippen molar-refractivity contribution in [2.24, 2.45) is 11.1 Å². The third-order valence-electron chi connectivity index (χ3n) is 2.96. The summed E-state index contributed by atoms with van der Waals surface area (Å²) in [5, 5.41) is 2.13. The molecule has 0 spiro atoms. The van der Waals surface area contributed by atoms with E-state index in [2.05, 4.69) is 5.32 Å². The Bertz CT molecular complexity index is 380. The van der Waals surface area contributed by atoms with Gasteiger partial charge in [-0.25, -0.2) is 0 Å². The van der Waals surface area contributed by atoms with Gasteiger partial charge in [0.1, 0.15) is 13.1 Å². The summed E-state index contributed by atoms with van der Waals surface area (Å²) in [7, 11) is 0. The molecule has 3 amide bonds. The number of nitrogens with one attached hydrogen (secondary N) is 1. The number of imide groups is 1. The number of piperazine rings is 1. The van der Waals surface area contributed by atoms with Gasteiger partial charge < -0.3 is 10.6 Å². The van der Waals surface area contributed by atoms with E-state index in [-0.39, 0.29) is 24.0 Å². The van der Waals surface area contributed by atoms with E-state index in [4.69, 9.17) is 18.0 Å². The average Bonchev–Trinajstić information content (AvgIpc) is 2.25. The smallest absolute Gasteiger partial charge is 0.246 e. The van der Waals surface area contributed by atoms with Crippen molar-refractivity contribution < 1.29 is 14.4 Å². The molecule has 1 unspecified atom stereocenters. The van der Waals surface area contributed by atoms with Crippen LogP contribution in [-0.4, -0.2) is 40.7 Å². The molecule has 1 saturated heterocycles. The molecule has 0 aromatic carbocycles. The molecule has 1 aliphatic rings. The van der Waals surface area contributed by atoms with Crippen LogP contribution in [0.15, 0.2) is 0 Å². The molecule has 0 saturated carbocycles. The third kappa shape index (κ3) is 2.60. The predicted octanol–water partition coefficient (Wildman–Crippen LogP) is -0.826. The molecular weight excluding hydrogens is 242 g/mol. The fourth-order valence-electron chi connectivity index (χ4n) is 1.56. The molecule has 0 aliphatic carbocycles. The van der Waals surface area contributed by atoms with E-state index in [9.17, 15) is 14.4 Å². The second kappa shape index (κ2) is 4.79. The minimum absolute atomic E-state index is 0.0726. The van der Waals surface area contributed by atoms with Crippen LogP contribution in [0.3, 0.4) is 0 Å². The highest BCUT2D eigenvalue weighted by Gasteiger charge is 2.40. The van der Waals surface area contributed by atoms with Crippen molar-refractivity contribution in [1.29, 1.82) is 0 Å². The van der Waals surface area contributed by atoms with Crippen molar-refractivity contribution >= 4 is 34.9 Å². The van der Waals surface area contributed by atoms with E-state index in [1.54, 1.807) is 13.8 Å². The molecule has 17 heavy (non-hydrogen) atoms. The van der Waals surface area contributed by atoms with E-state index in [1.807, 2.05) is 0 Å². The monoisotopic (exact) mass is 257 g/mol. The summed E-state index contributed by atoms with van der Waals surface area (Å²) in [6, 6.07) is 0. The zero-order valence-electron chi connectivity index (χ0n) is 9.78. The van der Waals surface area contributed by atoms with Crippen molar-refractivity contribution in [2.75, 3.05) is 13.1 Å². The number of carbonyl (C=O) groups excluding carboxylic acids is 3. The maximum atomic E-state index is 12.2. The maximum Gasteiger partial charge on any atom is 0.246 e. The van der Waals surface area contributed by atoms with Crippen molar-refractivity contribution in [3.05, 3.63) is 0 Å². The summed E-state index contributed by atoms with van der Waals surface area (Å²) < 4.78 is 0. The summed E-state index contributed by atoms with van der Waals surface area (Å²) in [4.78, 5) is 35.8. The van der Waals surface area contributed by atoms with E-state index >= 15 is 0 Å². The zero-order chi connectivity index (χ0) is 13.2. The van der Waals surface area contributed by atoms with Gasteiger partial charge in [0.2, 0.25) is 17.7 Å². The molecule has 0 bridgehead atoms. The fourth-order valence-corrected chi connectivity index (χ4v) is 1.79.